The molecule has 0 fully saturated rings. The average Bonchev–Trinajstić information content (AvgIpc) is 2.83. The fourth-order valence-corrected chi connectivity index (χ4v) is 3.21. The Balaban J connectivity index is 0.00000684. The molecule has 0 spiro atoms. The molecule has 204 valence electrons. The first kappa shape index (κ1) is 31.5. The molecule has 6 N–H and O–H groups in total. The predicted octanol–water partition coefficient (Wildman–Crippen LogP) is -0.824. The zero-order chi connectivity index (χ0) is 26.8. The van der Waals surface area contributed by atoms with Gasteiger partial charge in [0.2, 0.25) is 11.7 Å². The lowest BCUT2D eigenvalue weighted by Crippen LogP contribution is -2.54. The van der Waals surface area contributed by atoms with Crippen LogP contribution in [0.1, 0.15) is 25.8 Å². The molecule has 14 heteroatoms. The zero-order valence-corrected chi connectivity index (χ0v) is 21.1. The van der Waals surface area contributed by atoms with Crippen molar-refractivity contribution in [2.45, 2.75) is 51.6 Å². The summed E-state index contributed by atoms with van der Waals surface area (Å²) in [6.07, 6.45) is -0.549. The second-order valence-electron chi connectivity index (χ2n) is 8.56. The van der Waals surface area contributed by atoms with Crippen molar-refractivity contribution in [3.8, 4) is 0 Å². The van der Waals surface area contributed by atoms with Crippen LogP contribution < -0.4 is 27.6 Å². The number of aromatic amines is 1. The first-order valence-electron chi connectivity index (χ1n) is 11.2. The molecular weight excluding hydrogens is 513 g/mol. The number of hydrogen-bond donors (Lipinski definition) is 5. The van der Waals surface area contributed by atoms with E-state index in [4.69, 9.17) is 10.5 Å². The Labute approximate surface area is 217 Å². The van der Waals surface area contributed by atoms with Crippen LogP contribution in [-0.2, 0) is 32.3 Å². The molecule has 0 saturated heterocycles. The van der Waals surface area contributed by atoms with Crippen molar-refractivity contribution in [3.05, 3.63) is 68.7 Å². The van der Waals surface area contributed by atoms with Crippen LogP contribution in [0.5, 0.6) is 0 Å². The van der Waals surface area contributed by atoms with Crippen molar-refractivity contribution in [2.75, 3.05) is 6.54 Å². The van der Waals surface area contributed by atoms with Crippen molar-refractivity contribution in [1.29, 1.82) is 0 Å². The summed E-state index contributed by atoms with van der Waals surface area (Å²) in [5, 5.41) is 15.1. The third-order valence-corrected chi connectivity index (χ3v) is 5.07. The maximum atomic E-state index is 13.3. The van der Waals surface area contributed by atoms with Gasteiger partial charge in [0.1, 0.15) is 18.7 Å². The highest BCUT2D eigenvalue weighted by Gasteiger charge is 2.29. The summed E-state index contributed by atoms with van der Waals surface area (Å²) in [5.74, 6) is -3.75. The minimum Gasteiger partial charge on any atom is -0.442 e. The molecule has 2 aromatic rings. The van der Waals surface area contributed by atoms with Gasteiger partial charge in [0.05, 0.1) is 6.20 Å². The summed E-state index contributed by atoms with van der Waals surface area (Å²) in [5.41, 5.74) is 4.61. The van der Waals surface area contributed by atoms with Gasteiger partial charge in [-0.1, -0.05) is 44.2 Å². The first-order valence-corrected chi connectivity index (χ1v) is 11.2. The zero-order valence-electron chi connectivity index (χ0n) is 20.3. The number of H-pyrrole nitrogens is 1. The first-order chi connectivity index (χ1) is 17.0. The monoisotopic (exact) mass is 543 g/mol. The Kier molecular flexibility index (Phi) is 12.7. The van der Waals surface area contributed by atoms with E-state index in [2.05, 4.69) is 10.6 Å². The van der Waals surface area contributed by atoms with Crippen LogP contribution >= 0.6 is 12.4 Å². The van der Waals surface area contributed by atoms with Gasteiger partial charge >= 0.3 is 11.7 Å². The van der Waals surface area contributed by atoms with Crippen molar-refractivity contribution in [3.63, 3.8) is 0 Å². The van der Waals surface area contributed by atoms with E-state index in [-0.39, 0.29) is 31.2 Å². The van der Waals surface area contributed by atoms with Crippen LogP contribution in [-0.4, -0.2) is 57.2 Å². The lowest BCUT2D eigenvalue weighted by molar-refractivity contribution is -0.147. The number of aromatic nitrogens is 2. The fraction of sp³-hybridized carbons (Fsp3) is 0.435. The van der Waals surface area contributed by atoms with Crippen LogP contribution in [0.2, 0.25) is 0 Å². The smallest absolute Gasteiger partial charge is 0.331 e. The number of esters is 1. The minimum atomic E-state index is -1.58. The standard InChI is InChI=1S/C23H30FN5O7.ClH/c1-13(2)8-17(27-22(34)19(31)16(25)9-14-6-4-3-5-7-14)21(33)26-10-18(30)36-12-29-11-15(24)20(32)28-23(29)35;/h3-7,11,13,16-17,19,31H,8-10,12,25H2,1-2H3,(H,26,33)(H,27,34)(H,28,32,35);1H/t16-,17+,19+;/m1./s1. The van der Waals surface area contributed by atoms with E-state index in [0.29, 0.717) is 10.8 Å². The lowest BCUT2D eigenvalue weighted by atomic mass is 9.99. The van der Waals surface area contributed by atoms with Crippen LogP contribution in [0.15, 0.2) is 46.1 Å². The van der Waals surface area contributed by atoms with E-state index in [1.165, 1.54) is 0 Å². The molecule has 1 aromatic carbocycles. The minimum absolute atomic E-state index is 0. The Morgan fingerprint density at radius 1 is 1.16 bits per heavy atom. The predicted molar refractivity (Wildman–Crippen MR) is 133 cm³/mol. The van der Waals surface area contributed by atoms with Gasteiger partial charge in [-0.15, -0.1) is 12.4 Å². The second kappa shape index (κ2) is 14.9. The number of nitrogens with zero attached hydrogens (tertiary/aromatic N) is 1. The molecule has 0 radical (unpaired) electrons. The van der Waals surface area contributed by atoms with Gasteiger partial charge in [0, 0.05) is 6.04 Å². The molecule has 37 heavy (non-hydrogen) atoms. The summed E-state index contributed by atoms with van der Waals surface area (Å²) in [4.78, 5) is 61.5. The fourth-order valence-electron chi connectivity index (χ4n) is 3.21. The number of carbonyl (C=O) groups is 3. The number of aliphatic hydroxyl groups is 1. The number of ether oxygens (including phenoxy) is 1. The van der Waals surface area contributed by atoms with E-state index >= 15 is 0 Å². The van der Waals surface area contributed by atoms with Crippen molar-refractivity contribution < 1.29 is 28.6 Å². The maximum absolute atomic E-state index is 13.3. The SMILES string of the molecule is CC(C)C[C@H](NC(=O)[C@@H](O)[C@H](N)Cc1ccccc1)C(=O)NCC(=O)OCn1cc(F)c(=O)[nH]c1=O.Cl. The quantitative estimate of drug-likeness (QED) is 0.215. The summed E-state index contributed by atoms with van der Waals surface area (Å²) < 4.78 is 18.7. The largest absolute Gasteiger partial charge is 0.442 e. The van der Waals surface area contributed by atoms with Crippen LogP contribution in [0.4, 0.5) is 4.39 Å². The Hall–Kier alpha value is -3.55. The van der Waals surface area contributed by atoms with Crippen molar-refractivity contribution in [1.82, 2.24) is 20.2 Å². The van der Waals surface area contributed by atoms with Crippen molar-refractivity contribution in [2.24, 2.45) is 11.7 Å². The summed E-state index contributed by atoms with van der Waals surface area (Å²) in [6, 6.07) is 7.07. The van der Waals surface area contributed by atoms with E-state index in [9.17, 15) is 33.5 Å². The third kappa shape index (κ3) is 10.1. The number of nitrogens with two attached hydrogens (primary N) is 1. The summed E-state index contributed by atoms with van der Waals surface area (Å²) in [7, 11) is 0. The van der Waals surface area contributed by atoms with Gasteiger partial charge in [-0.2, -0.15) is 4.39 Å². The molecule has 0 bridgehead atoms. The van der Waals surface area contributed by atoms with Crippen LogP contribution in [0.3, 0.4) is 0 Å². The number of amides is 2. The van der Waals surface area contributed by atoms with Crippen LogP contribution in [0, 0.1) is 11.7 Å². The lowest BCUT2D eigenvalue weighted by Gasteiger charge is -2.24. The average molecular weight is 544 g/mol. The highest BCUT2D eigenvalue weighted by atomic mass is 35.5. The molecular formula is C23H31ClFN5O7. The second-order valence-corrected chi connectivity index (χ2v) is 8.56. The van der Waals surface area contributed by atoms with Gasteiger partial charge in [0.15, 0.2) is 6.73 Å². The number of carbonyl (C=O) groups excluding carboxylic acids is 3. The molecule has 1 aromatic heterocycles. The number of hydrogen-bond acceptors (Lipinski definition) is 8. The van der Waals surface area contributed by atoms with Gasteiger partial charge in [-0.25, -0.2) is 4.79 Å². The molecule has 0 aliphatic heterocycles. The highest BCUT2D eigenvalue weighted by Crippen LogP contribution is 2.08. The molecule has 0 unspecified atom stereocenters. The van der Waals surface area contributed by atoms with E-state index < -0.39 is 66.3 Å². The normalized spacial score (nSPS) is 13.1. The number of nitrogens with one attached hydrogen (secondary N) is 3. The number of rotatable bonds is 12. The molecule has 2 rings (SSSR count). The Bertz CT molecular complexity index is 1170. The Morgan fingerprint density at radius 2 is 1.81 bits per heavy atom. The highest BCUT2D eigenvalue weighted by molar-refractivity contribution is 5.91. The number of halogens is 2. The molecule has 3 atom stereocenters. The van der Waals surface area contributed by atoms with Gasteiger partial charge < -0.3 is 26.2 Å². The van der Waals surface area contributed by atoms with Gasteiger partial charge in [-0.05, 0) is 24.3 Å². The number of benzene rings is 1. The van der Waals surface area contributed by atoms with Crippen molar-refractivity contribution >= 4 is 30.2 Å². The molecule has 0 aliphatic rings. The summed E-state index contributed by atoms with van der Waals surface area (Å²) in [6.45, 7) is 2.33. The van der Waals surface area contributed by atoms with E-state index in [1.54, 1.807) is 17.1 Å². The third-order valence-electron chi connectivity index (χ3n) is 5.07. The van der Waals surface area contributed by atoms with E-state index in [0.717, 1.165) is 5.56 Å². The molecule has 0 saturated carbocycles. The van der Waals surface area contributed by atoms with Gasteiger partial charge in [0.25, 0.3) is 11.5 Å². The maximum Gasteiger partial charge on any atom is 0.331 e. The van der Waals surface area contributed by atoms with Gasteiger partial charge in [-0.3, -0.25) is 28.7 Å². The molecule has 2 amide bonds. The molecule has 1 heterocycles. The topological polar surface area (TPSA) is 186 Å². The van der Waals surface area contributed by atoms with E-state index in [1.807, 2.05) is 32.0 Å². The molecule has 12 nitrogen and oxygen atoms in total. The molecule has 0 aliphatic carbocycles. The Morgan fingerprint density at radius 3 is 2.43 bits per heavy atom. The number of aliphatic hydroxyl groups excluding tert-OH is 1. The van der Waals surface area contributed by atoms with Crippen LogP contribution in [0.25, 0.3) is 0 Å². The summed E-state index contributed by atoms with van der Waals surface area (Å²) >= 11 is 0.